The lowest BCUT2D eigenvalue weighted by Gasteiger charge is -2.26. The first-order valence-corrected chi connectivity index (χ1v) is 15.5. The molecule has 0 N–H and O–H groups in total. The van der Waals surface area contributed by atoms with Gasteiger partial charge < -0.3 is 9.80 Å². The summed E-state index contributed by atoms with van der Waals surface area (Å²) in [6.45, 7) is 11.6. The monoisotopic (exact) mass is 570 g/mol. The standard InChI is InChI=1S/C32H38N6O2S/c1-5-19-35(20-6-2)31-33-27-25(29(39)37(31)23-15-11-9-12-16-23)26-28(41-27)34-32(36(21-7-3)22-8-4)38(30(26)40)24-17-13-10-14-18-24/h9-18H,5-8,19-22H2,1-4H3. The SMILES string of the molecule is CCCN(CCC)c1nc2sc3nc(N(CCC)CCC)n(-c4ccccc4)c(=O)c3c2c(=O)n1-c1ccccc1. The Morgan fingerprint density at radius 2 is 0.927 bits per heavy atom. The van der Waals surface area contributed by atoms with E-state index in [-0.39, 0.29) is 11.1 Å². The molecule has 9 heteroatoms. The van der Waals surface area contributed by atoms with Crippen LogP contribution in [0.2, 0.25) is 0 Å². The number of benzene rings is 2. The summed E-state index contributed by atoms with van der Waals surface area (Å²) in [5, 5.41) is 0.661. The van der Waals surface area contributed by atoms with E-state index in [1.54, 1.807) is 9.13 Å². The largest absolute Gasteiger partial charge is 0.342 e. The average Bonchev–Trinajstić information content (AvgIpc) is 3.37. The molecule has 0 fully saturated rings. The summed E-state index contributed by atoms with van der Waals surface area (Å²) in [4.78, 5) is 44.6. The van der Waals surface area contributed by atoms with Gasteiger partial charge in [-0.3, -0.25) is 9.59 Å². The molecule has 0 aliphatic carbocycles. The lowest BCUT2D eigenvalue weighted by Crippen LogP contribution is -2.34. The molecule has 5 rings (SSSR count). The normalized spacial score (nSPS) is 11.4. The molecule has 0 unspecified atom stereocenters. The Morgan fingerprint density at radius 1 is 0.585 bits per heavy atom. The minimum Gasteiger partial charge on any atom is -0.342 e. The first-order chi connectivity index (χ1) is 20.0. The molecule has 0 saturated heterocycles. The van der Waals surface area contributed by atoms with Gasteiger partial charge in [0.1, 0.15) is 9.66 Å². The third-order valence-electron chi connectivity index (χ3n) is 7.08. The van der Waals surface area contributed by atoms with Crippen LogP contribution in [0.5, 0.6) is 0 Å². The molecule has 3 aromatic heterocycles. The van der Waals surface area contributed by atoms with Crippen LogP contribution < -0.4 is 20.9 Å². The highest BCUT2D eigenvalue weighted by Crippen LogP contribution is 2.32. The molecule has 0 aliphatic rings. The molecule has 3 heterocycles. The smallest absolute Gasteiger partial charge is 0.269 e. The van der Waals surface area contributed by atoms with Crippen molar-refractivity contribution in [3.05, 3.63) is 81.4 Å². The van der Waals surface area contributed by atoms with Gasteiger partial charge in [0, 0.05) is 26.2 Å². The zero-order valence-corrected chi connectivity index (χ0v) is 25.2. The fourth-order valence-electron chi connectivity index (χ4n) is 5.40. The van der Waals surface area contributed by atoms with Crippen LogP contribution in [0.4, 0.5) is 11.9 Å². The van der Waals surface area contributed by atoms with Crippen molar-refractivity contribution >= 4 is 43.7 Å². The summed E-state index contributed by atoms with van der Waals surface area (Å²) in [7, 11) is 0. The number of hydrogen-bond donors (Lipinski definition) is 0. The lowest BCUT2D eigenvalue weighted by molar-refractivity contribution is 0.705. The Balaban J connectivity index is 1.90. The highest BCUT2D eigenvalue weighted by molar-refractivity contribution is 7.25. The quantitative estimate of drug-likeness (QED) is 0.173. The predicted molar refractivity (Wildman–Crippen MR) is 172 cm³/mol. The highest BCUT2D eigenvalue weighted by Gasteiger charge is 2.26. The summed E-state index contributed by atoms with van der Waals surface area (Å²) >= 11 is 1.33. The van der Waals surface area contributed by atoms with Crippen molar-refractivity contribution in [3.63, 3.8) is 0 Å². The van der Waals surface area contributed by atoms with Gasteiger partial charge in [0.2, 0.25) is 11.9 Å². The van der Waals surface area contributed by atoms with Gasteiger partial charge in [0.05, 0.1) is 22.1 Å². The van der Waals surface area contributed by atoms with Crippen molar-refractivity contribution in [2.45, 2.75) is 53.4 Å². The zero-order valence-electron chi connectivity index (χ0n) is 24.3. The fraction of sp³-hybridized carbons (Fsp3) is 0.375. The van der Waals surface area contributed by atoms with Crippen LogP contribution >= 0.6 is 11.3 Å². The van der Waals surface area contributed by atoms with Crippen LogP contribution in [0.1, 0.15) is 53.4 Å². The number of nitrogens with zero attached hydrogens (tertiary/aromatic N) is 6. The molecule has 0 aliphatic heterocycles. The summed E-state index contributed by atoms with van der Waals surface area (Å²) in [5.74, 6) is 1.21. The maximum absolute atomic E-state index is 14.5. The topological polar surface area (TPSA) is 76.3 Å². The molecule has 2 aromatic carbocycles. The molecule has 0 amide bonds. The molecular formula is C32H38N6O2S. The molecule has 8 nitrogen and oxygen atoms in total. The van der Waals surface area contributed by atoms with Gasteiger partial charge in [-0.15, -0.1) is 0 Å². The Labute approximate surface area is 244 Å². The van der Waals surface area contributed by atoms with Crippen molar-refractivity contribution in [3.8, 4) is 11.4 Å². The summed E-state index contributed by atoms with van der Waals surface area (Å²) in [6.07, 6.45) is 3.69. The van der Waals surface area contributed by atoms with Crippen LogP contribution in [-0.4, -0.2) is 45.3 Å². The maximum atomic E-state index is 14.5. The molecule has 0 saturated carbocycles. The summed E-state index contributed by atoms with van der Waals surface area (Å²) < 4.78 is 3.33. The van der Waals surface area contributed by atoms with Crippen LogP contribution in [0.15, 0.2) is 70.3 Å². The molecule has 214 valence electrons. The van der Waals surface area contributed by atoms with Gasteiger partial charge in [-0.1, -0.05) is 75.4 Å². The van der Waals surface area contributed by atoms with Crippen molar-refractivity contribution in [2.75, 3.05) is 36.0 Å². The number of thiophene rings is 1. The van der Waals surface area contributed by atoms with E-state index in [0.29, 0.717) is 32.3 Å². The second-order valence-corrected chi connectivity index (χ2v) is 11.2. The Morgan fingerprint density at radius 3 is 1.24 bits per heavy atom. The maximum Gasteiger partial charge on any atom is 0.269 e. The molecule has 0 bridgehead atoms. The number of fused-ring (bicyclic) bond motifs is 3. The van der Waals surface area contributed by atoms with Gasteiger partial charge in [-0.2, -0.15) is 0 Å². The van der Waals surface area contributed by atoms with E-state index in [0.717, 1.165) is 63.2 Å². The molecule has 0 atom stereocenters. The van der Waals surface area contributed by atoms with E-state index in [1.165, 1.54) is 11.3 Å². The lowest BCUT2D eigenvalue weighted by atomic mass is 10.2. The van der Waals surface area contributed by atoms with Crippen molar-refractivity contribution in [2.24, 2.45) is 0 Å². The van der Waals surface area contributed by atoms with E-state index in [1.807, 2.05) is 60.7 Å². The van der Waals surface area contributed by atoms with Gasteiger partial charge in [0.25, 0.3) is 11.1 Å². The predicted octanol–water partition coefficient (Wildman–Crippen LogP) is 6.40. The Kier molecular flexibility index (Phi) is 8.83. The van der Waals surface area contributed by atoms with Gasteiger partial charge in [0.15, 0.2) is 0 Å². The van der Waals surface area contributed by atoms with E-state index in [9.17, 15) is 9.59 Å². The second-order valence-electron chi connectivity index (χ2n) is 10.2. The molecule has 0 radical (unpaired) electrons. The number of para-hydroxylation sites is 2. The number of hydrogen-bond acceptors (Lipinski definition) is 7. The molecule has 5 aromatic rings. The van der Waals surface area contributed by atoms with Crippen LogP contribution in [-0.2, 0) is 0 Å². The minimum atomic E-state index is -0.245. The molecule has 0 spiro atoms. The number of rotatable bonds is 12. The first kappa shape index (κ1) is 28.5. The first-order valence-electron chi connectivity index (χ1n) is 14.7. The highest BCUT2D eigenvalue weighted by atomic mass is 32.1. The zero-order chi connectivity index (χ0) is 28.9. The van der Waals surface area contributed by atoms with Gasteiger partial charge in [-0.25, -0.2) is 19.1 Å². The minimum absolute atomic E-state index is 0.245. The van der Waals surface area contributed by atoms with E-state index in [4.69, 9.17) is 9.97 Å². The van der Waals surface area contributed by atoms with E-state index >= 15 is 0 Å². The van der Waals surface area contributed by atoms with E-state index < -0.39 is 0 Å². The van der Waals surface area contributed by atoms with Gasteiger partial charge >= 0.3 is 0 Å². The van der Waals surface area contributed by atoms with Crippen molar-refractivity contribution in [1.29, 1.82) is 0 Å². The summed E-state index contributed by atoms with van der Waals surface area (Å²) in [5.41, 5.74) is 0.960. The fourth-order valence-corrected chi connectivity index (χ4v) is 6.42. The third kappa shape index (κ3) is 5.38. The number of aromatic nitrogens is 4. The average molecular weight is 571 g/mol. The summed E-state index contributed by atoms with van der Waals surface area (Å²) in [6, 6.07) is 19.2. The third-order valence-corrected chi connectivity index (χ3v) is 8.05. The van der Waals surface area contributed by atoms with Gasteiger partial charge in [-0.05, 0) is 49.9 Å². The van der Waals surface area contributed by atoms with Crippen molar-refractivity contribution in [1.82, 2.24) is 19.1 Å². The molecular weight excluding hydrogens is 532 g/mol. The molecule has 41 heavy (non-hydrogen) atoms. The van der Waals surface area contributed by atoms with Crippen LogP contribution in [0, 0.1) is 0 Å². The van der Waals surface area contributed by atoms with Crippen LogP contribution in [0.25, 0.3) is 31.8 Å². The second kappa shape index (κ2) is 12.7. The van der Waals surface area contributed by atoms with Crippen molar-refractivity contribution < 1.29 is 0 Å². The number of anilines is 2. The Hall–Kier alpha value is -3.98. The van der Waals surface area contributed by atoms with E-state index in [2.05, 4.69) is 37.5 Å². The van der Waals surface area contributed by atoms with Crippen LogP contribution in [0.3, 0.4) is 0 Å². The Bertz CT molecular complexity index is 1600.